The number of carbonyl (C=O) groups excluding carboxylic acids is 2. The van der Waals surface area contributed by atoms with Gasteiger partial charge in [-0.1, -0.05) is 13.0 Å². The van der Waals surface area contributed by atoms with E-state index in [9.17, 15) is 18.0 Å². The number of rotatable bonds is 10. The first kappa shape index (κ1) is 23.3. The molecular formula is C19H30N4O5S. The summed E-state index contributed by atoms with van der Waals surface area (Å²) < 4.78 is 32.0. The number of hydrogen-bond acceptors (Lipinski definition) is 6. The Hall–Kier alpha value is -2.01. The van der Waals surface area contributed by atoms with Gasteiger partial charge in [-0.15, -0.1) is 0 Å². The van der Waals surface area contributed by atoms with Gasteiger partial charge in [-0.2, -0.15) is 0 Å². The molecule has 2 rings (SSSR count). The van der Waals surface area contributed by atoms with Crippen molar-refractivity contribution in [2.45, 2.75) is 18.2 Å². The van der Waals surface area contributed by atoms with Gasteiger partial charge < -0.3 is 15.0 Å². The van der Waals surface area contributed by atoms with E-state index in [1.165, 1.54) is 19.2 Å². The number of methoxy groups -OCH3 is 1. The molecule has 1 aliphatic heterocycles. The average Bonchev–Trinajstić information content (AvgIpc) is 2.72. The fourth-order valence-corrected chi connectivity index (χ4v) is 4.03. The van der Waals surface area contributed by atoms with Crippen LogP contribution in [0.3, 0.4) is 0 Å². The lowest BCUT2D eigenvalue weighted by atomic mass is 10.2. The Morgan fingerprint density at radius 3 is 2.52 bits per heavy atom. The van der Waals surface area contributed by atoms with E-state index in [1.807, 2.05) is 11.8 Å². The summed E-state index contributed by atoms with van der Waals surface area (Å²) in [5, 5.41) is 2.85. The predicted octanol–water partition coefficient (Wildman–Crippen LogP) is -0.105. The number of nitrogens with one attached hydrogen (secondary N) is 2. The van der Waals surface area contributed by atoms with Crippen molar-refractivity contribution in [1.29, 1.82) is 0 Å². The van der Waals surface area contributed by atoms with Crippen molar-refractivity contribution in [2.75, 3.05) is 59.5 Å². The maximum atomic E-state index is 12.8. The van der Waals surface area contributed by atoms with E-state index < -0.39 is 10.0 Å². The molecule has 1 fully saturated rings. The van der Waals surface area contributed by atoms with Gasteiger partial charge in [0, 0.05) is 51.9 Å². The van der Waals surface area contributed by atoms with Gasteiger partial charge in [-0.3, -0.25) is 14.5 Å². The van der Waals surface area contributed by atoms with E-state index in [2.05, 4.69) is 10.0 Å². The molecule has 1 heterocycles. The highest BCUT2D eigenvalue weighted by Crippen LogP contribution is 2.14. The standard InChI is InChI=1S/C19H30N4O5S/c1-3-7-20-18(24)15-22-9-11-23(12-10-22)19(25)16-5-4-6-17(14-16)29(26,27)21-8-13-28-2/h4-6,14,21H,3,7-13,15H2,1-2H3,(H,20,24). The summed E-state index contributed by atoms with van der Waals surface area (Å²) in [6, 6.07) is 6.02. The third kappa shape index (κ3) is 7.07. The highest BCUT2D eigenvalue weighted by atomic mass is 32.2. The van der Waals surface area contributed by atoms with Crippen LogP contribution in [-0.4, -0.2) is 89.6 Å². The maximum Gasteiger partial charge on any atom is 0.253 e. The van der Waals surface area contributed by atoms with E-state index in [4.69, 9.17) is 4.74 Å². The minimum Gasteiger partial charge on any atom is -0.383 e. The monoisotopic (exact) mass is 426 g/mol. The number of benzene rings is 1. The minimum atomic E-state index is -3.70. The first-order chi connectivity index (χ1) is 13.9. The highest BCUT2D eigenvalue weighted by molar-refractivity contribution is 7.89. The number of amides is 2. The largest absolute Gasteiger partial charge is 0.383 e. The summed E-state index contributed by atoms with van der Waals surface area (Å²) in [6.45, 7) is 5.58. The van der Waals surface area contributed by atoms with Crippen molar-refractivity contribution < 1.29 is 22.7 Å². The summed E-state index contributed by atoms with van der Waals surface area (Å²) >= 11 is 0. The Morgan fingerprint density at radius 1 is 1.14 bits per heavy atom. The zero-order valence-electron chi connectivity index (χ0n) is 17.0. The first-order valence-corrected chi connectivity index (χ1v) is 11.2. The molecule has 2 N–H and O–H groups in total. The molecule has 1 aromatic carbocycles. The number of hydrogen-bond donors (Lipinski definition) is 2. The van der Waals surface area contributed by atoms with Gasteiger partial charge in [0.1, 0.15) is 0 Å². The van der Waals surface area contributed by atoms with Crippen LogP contribution >= 0.6 is 0 Å². The van der Waals surface area contributed by atoms with Gasteiger partial charge in [-0.05, 0) is 24.6 Å². The number of carbonyl (C=O) groups is 2. The van der Waals surface area contributed by atoms with Gasteiger partial charge in [-0.25, -0.2) is 13.1 Å². The SMILES string of the molecule is CCCNC(=O)CN1CCN(C(=O)c2cccc(S(=O)(=O)NCCOC)c2)CC1. The maximum absolute atomic E-state index is 12.8. The Bertz CT molecular complexity index is 792. The molecule has 10 heteroatoms. The van der Waals surface area contributed by atoms with Crippen LogP contribution in [0.5, 0.6) is 0 Å². The molecule has 0 atom stereocenters. The molecule has 1 aromatic rings. The van der Waals surface area contributed by atoms with Crippen LogP contribution in [0.1, 0.15) is 23.7 Å². The van der Waals surface area contributed by atoms with Crippen molar-refractivity contribution in [1.82, 2.24) is 19.8 Å². The quantitative estimate of drug-likeness (QED) is 0.506. The van der Waals surface area contributed by atoms with Crippen molar-refractivity contribution in [3.8, 4) is 0 Å². The molecule has 1 saturated heterocycles. The van der Waals surface area contributed by atoms with Crippen LogP contribution < -0.4 is 10.0 Å². The number of sulfonamides is 1. The zero-order valence-corrected chi connectivity index (χ0v) is 17.8. The minimum absolute atomic E-state index is 0.00879. The second-order valence-electron chi connectivity index (χ2n) is 6.84. The Kier molecular flexibility index (Phi) is 9.02. The zero-order chi connectivity index (χ0) is 21.3. The number of nitrogens with zero attached hydrogens (tertiary/aromatic N) is 2. The molecular weight excluding hydrogens is 396 g/mol. The van der Waals surface area contributed by atoms with Crippen molar-refractivity contribution in [3.05, 3.63) is 29.8 Å². The second-order valence-corrected chi connectivity index (χ2v) is 8.60. The molecule has 0 radical (unpaired) electrons. The smallest absolute Gasteiger partial charge is 0.253 e. The van der Waals surface area contributed by atoms with Gasteiger partial charge in [0.15, 0.2) is 0 Å². The molecule has 9 nitrogen and oxygen atoms in total. The topological polar surface area (TPSA) is 108 Å². The molecule has 162 valence electrons. The van der Waals surface area contributed by atoms with Gasteiger partial charge in [0.2, 0.25) is 15.9 Å². The van der Waals surface area contributed by atoms with Crippen LogP contribution in [-0.2, 0) is 19.6 Å². The molecule has 0 unspecified atom stereocenters. The predicted molar refractivity (Wildman–Crippen MR) is 109 cm³/mol. The van der Waals surface area contributed by atoms with Crippen LogP contribution in [0.2, 0.25) is 0 Å². The summed E-state index contributed by atoms with van der Waals surface area (Å²) in [6.07, 6.45) is 0.894. The third-order valence-electron chi connectivity index (χ3n) is 4.59. The van der Waals surface area contributed by atoms with E-state index in [0.29, 0.717) is 44.8 Å². The van der Waals surface area contributed by atoms with Crippen molar-refractivity contribution in [2.24, 2.45) is 0 Å². The summed E-state index contributed by atoms with van der Waals surface area (Å²) in [5.74, 6) is -0.223. The molecule has 0 bridgehead atoms. The lowest BCUT2D eigenvalue weighted by Gasteiger charge is -2.34. The normalized spacial score (nSPS) is 15.3. The fourth-order valence-electron chi connectivity index (χ4n) is 2.97. The van der Waals surface area contributed by atoms with Gasteiger partial charge in [0.05, 0.1) is 18.0 Å². The second kappa shape index (κ2) is 11.2. The van der Waals surface area contributed by atoms with Crippen molar-refractivity contribution >= 4 is 21.8 Å². The number of piperazine rings is 1. The summed E-state index contributed by atoms with van der Waals surface area (Å²) in [4.78, 5) is 28.4. The fraction of sp³-hybridized carbons (Fsp3) is 0.579. The van der Waals surface area contributed by atoms with Gasteiger partial charge in [0.25, 0.3) is 5.91 Å². The van der Waals surface area contributed by atoms with E-state index >= 15 is 0 Å². The Morgan fingerprint density at radius 2 is 1.86 bits per heavy atom. The Balaban J connectivity index is 1.94. The highest BCUT2D eigenvalue weighted by Gasteiger charge is 2.24. The molecule has 29 heavy (non-hydrogen) atoms. The molecule has 0 aromatic heterocycles. The van der Waals surface area contributed by atoms with Crippen LogP contribution in [0.25, 0.3) is 0 Å². The van der Waals surface area contributed by atoms with Crippen LogP contribution in [0.4, 0.5) is 0 Å². The van der Waals surface area contributed by atoms with Crippen molar-refractivity contribution in [3.63, 3.8) is 0 Å². The first-order valence-electron chi connectivity index (χ1n) is 9.74. The third-order valence-corrected chi connectivity index (χ3v) is 6.05. The lowest BCUT2D eigenvalue weighted by Crippen LogP contribution is -2.51. The average molecular weight is 427 g/mol. The number of ether oxygens (including phenoxy) is 1. The van der Waals surface area contributed by atoms with Gasteiger partial charge >= 0.3 is 0 Å². The molecule has 0 saturated carbocycles. The molecule has 1 aliphatic rings. The molecule has 0 spiro atoms. The van der Waals surface area contributed by atoms with E-state index in [-0.39, 0.29) is 29.9 Å². The molecule has 2 amide bonds. The lowest BCUT2D eigenvalue weighted by molar-refractivity contribution is -0.122. The van der Waals surface area contributed by atoms with E-state index in [1.54, 1.807) is 17.0 Å². The Labute approximate surface area is 172 Å². The summed E-state index contributed by atoms with van der Waals surface area (Å²) in [7, 11) is -2.21. The van der Waals surface area contributed by atoms with Crippen LogP contribution in [0, 0.1) is 0 Å². The van der Waals surface area contributed by atoms with Crippen LogP contribution in [0.15, 0.2) is 29.2 Å². The van der Waals surface area contributed by atoms with E-state index in [0.717, 1.165) is 6.42 Å². The summed E-state index contributed by atoms with van der Waals surface area (Å²) in [5.41, 5.74) is 0.328. The molecule has 0 aliphatic carbocycles.